The Kier molecular flexibility index (Phi) is 8.03. The standard InChI is InChI=1S/C25H32F4N2O3S/c1-15(2)18-6-8-22(21(26)13-18)31(35(5,32)33)14-19-7-9-23(25(27,28)29)30-24(19)34-20-11-16(3)10-17(4)12-20/h6-9,13,15-17,20H,10-12,14H2,1-5H3. The first kappa shape index (κ1) is 27.2. The van der Waals surface area contributed by atoms with Gasteiger partial charge >= 0.3 is 6.18 Å². The van der Waals surface area contributed by atoms with E-state index in [1.807, 2.05) is 13.8 Å². The molecule has 0 bridgehead atoms. The van der Waals surface area contributed by atoms with Crippen LogP contribution in [0.5, 0.6) is 5.88 Å². The molecule has 1 aromatic carbocycles. The van der Waals surface area contributed by atoms with Crippen LogP contribution in [0.15, 0.2) is 30.3 Å². The number of ether oxygens (including phenoxy) is 1. The topological polar surface area (TPSA) is 59.5 Å². The molecule has 2 atom stereocenters. The average molecular weight is 517 g/mol. The van der Waals surface area contributed by atoms with Crippen LogP contribution in [0.2, 0.25) is 0 Å². The van der Waals surface area contributed by atoms with Crippen LogP contribution in [0.25, 0.3) is 0 Å². The molecule has 1 fully saturated rings. The molecule has 1 aliphatic rings. The van der Waals surface area contributed by atoms with Gasteiger partial charge in [-0.25, -0.2) is 17.8 Å². The van der Waals surface area contributed by atoms with E-state index in [1.54, 1.807) is 6.07 Å². The van der Waals surface area contributed by atoms with E-state index >= 15 is 0 Å². The number of anilines is 1. The minimum atomic E-state index is -4.70. The van der Waals surface area contributed by atoms with Gasteiger partial charge in [-0.3, -0.25) is 4.31 Å². The van der Waals surface area contributed by atoms with Crippen LogP contribution in [0.4, 0.5) is 23.2 Å². The van der Waals surface area contributed by atoms with Crippen molar-refractivity contribution in [2.75, 3.05) is 10.6 Å². The lowest BCUT2D eigenvalue weighted by molar-refractivity contribution is -0.141. The van der Waals surface area contributed by atoms with Crippen LogP contribution < -0.4 is 9.04 Å². The zero-order valence-corrected chi connectivity index (χ0v) is 21.4. The summed E-state index contributed by atoms with van der Waals surface area (Å²) in [6.45, 7) is 7.46. The Morgan fingerprint density at radius 1 is 1.09 bits per heavy atom. The molecule has 1 saturated carbocycles. The second kappa shape index (κ2) is 10.3. The van der Waals surface area contributed by atoms with Gasteiger partial charge in [0.05, 0.1) is 18.5 Å². The van der Waals surface area contributed by atoms with Crippen molar-refractivity contribution < 1.29 is 30.7 Å². The number of hydrogen-bond acceptors (Lipinski definition) is 4. The Balaban J connectivity index is 2.02. The fraction of sp³-hybridized carbons (Fsp3) is 0.560. The summed E-state index contributed by atoms with van der Waals surface area (Å²) < 4.78 is 87.2. The zero-order valence-electron chi connectivity index (χ0n) is 20.6. The fourth-order valence-corrected chi connectivity index (χ4v) is 5.48. The van der Waals surface area contributed by atoms with Crippen LogP contribution >= 0.6 is 0 Å². The van der Waals surface area contributed by atoms with E-state index in [4.69, 9.17) is 4.74 Å². The van der Waals surface area contributed by atoms with Crippen LogP contribution in [0, 0.1) is 17.7 Å². The molecular weight excluding hydrogens is 484 g/mol. The van der Waals surface area contributed by atoms with E-state index in [2.05, 4.69) is 18.8 Å². The molecule has 35 heavy (non-hydrogen) atoms. The second-order valence-corrected chi connectivity index (χ2v) is 11.9. The van der Waals surface area contributed by atoms with Crippen molar-refractivity contribution in [3.63, 3.8) is 0 Å². The molecule has 194 valence electrons. The highest BCUT2D eigenvalue weighted by Crippen LogP contribution is 2.36. The van der Waals surface area contributed by atoms with E-state index in [0.717, 1.165) is 29.1 Å². The van der Waals surface area contributed by atoms with E-state index in [0.29, 0.717) is 30.2 Å². The van der Waals surface area contributed by atoms with Crippen molar-refractivity contribution in [3.05, 3.63) is 53.0 Å². The molecule has 1 heterocycles. The molecule has 0 spiro atoms. The molecule has 2 aromatic rings. The summed E-state index contributed by atoms with van der Waals surface area (Å²) in [6, 6.07) is 6.21. The molecule has 10 heteroatoms. The maximum absolute atomic E-state index is 15.0. The third-order valence-corrected chi connectivity index (χ3v) is 7.39. The molecule has 0 radical (unpaired) electrons. The van der Waals surface area contributed by atoms with Gasteiger partial charge in [-0.1, -0.05) is 33.8 Å². The number of aromatic nitrogens is 1. The van der Waals surface area contributed by atoms with Gasteiger partial charge in [-0.15, -0.1) is 0 Å². The average Bonchev–Trinajstić information content (AvgIpc) is 2.70. The van der Waals surface area contributed by atoms with Gasteiger partial charge in [0.1, 0.15) is 17.6 Å². The lowest BCUT2D eigenvalue weighted by Crippen LogP contribution is -2.32. The normalized spacial score (nSPS) is 21.3. The maximum atomic E-state index is 15.0. The summed E-state index contributed by atoms with van der Waals surface area (Å²) in [5.74, 6) is -0.319. The lowest BCUT2D eigenvalue weighted by atomic mass is 9.82. The van der Waals surface area contributed by atoms with Crippen molar-refractivity contribution in [3.8, 4) is 5.88 Å². The molecule has 1 aliphatic carbocycles. The van der Waals surface area contributed by atoms with Gasteiger partial charge in [0.25, 0.3) is 0 Å². The first-order valence-corrected chi connectivity index (χ1v) is 13.5. The number of benzene rings is 1. The molecule has 0 amide bonds. The Morgan fingerprint density at radius 2 is 1.71 bits per heavy atom. The van der Waals surface area contributed by atoms with Crippen molar-refractivity contribution >= 4 is 15.7 Å². The summed E-state index contributed by atoms with van der Waals surface area (Å²) in [6.07, 6.45) is -1.82. The molecule has 2 unspecified atom stereocenters. The molecule has 3 rings (SSSR count). The number of sulfonamides is 1. The molecule has 0 N–H and O–H groups in total. The van der Waals surface area contributed by atoms with Crippen LogP contribution in [0.1, 0.15) is 69.7 Å². The molecular formula is C25H32F4N2O3S. The maximum Gasteiger partial charge on any atom is 0.433 e. The summed E-state index contributed by atoms with van der Waals surface area (Å²) in [4.78, 5) is 3.71. The molecule has 1 aromatic heterocycles. The second-order valence-electron chi connectivity index (χ2n) is 9.95. The van der Waals surface area contributed by atoms with Crippen LogP contribution in [-0.4, -0.2) is 25.8 Å². The van der Waals surface area contributed by atoms with E-state index in [1.165, 1.54) is 12.1 Å². The van der Waals surface area contributed by atoms with Gasteiger partial charge in [0, 0.05) is 5.56 Å². The van der Waals surface area contributed by atoms with Crippen LogP contribution in [-0.2, 0) is 22.7 Å². The van der Waals surface area contributed by atoms with Gasteiger partial charge < -0.3 is 4.74 Å². The van der Waals surface area contributed by atoms with Crippen molar-refractivity contribution in [1.82, 2.24) is 4.98 Å². The van der Waals surface area contributed by atoms with Crippen molar-refractivity contribution in [2.24, 2.45) is 11.8 Å². The van der Waals surface area contributed by atoms with Crippen LogP contribution in [0.3, 0.4) is 0 Å². The highest BCUT2D eigenvalue weighted by Gasteiger charge is 2.35. The summed E-state index contributed by atoms with van der Waals surface area (Å²) >= 11 is 0. The van der Waals surface area contributed by atoms with Crippen molar-refractivity contribution in [1.29, 1.82) is 0 Å². The van der Waals surface area contributed by atoms with Gasteiger partial charge in [0.15, 0.2) is 0 Å². The Labute approximate surface area is 204 Å². The van der Waals surface area contributed by atoms with Gasteiger partial charge in [-0.2, -0.15) is 13.2 Å². The van der Waals surface area contributed by atoms with E-state index < -0.39 is 34.3 Å². The number of halogens is 4. The number of rotatable bonds is 7. The Morgan fingerprint density at radius 3 is 2.23 bits per heavy atom. The summed E-state index contributed by atoms with van der Waals surface area (Å²) in [7, 11) is -3.99. The number of hydrogen-bond donors (Lipinski definition) is 0. The minimum Gasteiger partial charge on any atom is -0.474 e. The Bertz CT molecular complexity index is 1140. The van der Waals surface area contributed by atoms with Gasteiger partial charge in [-0.05, 0) is 66.8 Å². The summed E-state index contributed by atoms with van der Waals surface area (Å²) in [5, 5.41) is 0. The van der Waals surface area contributed by atoms with Gasteiger partial charge in [0.2, 0.25) is 15.9 Å². The molecule has 0 saturated heterocycles. The SMILES string of the molecule is CC1CC(C)CC(Oc2nc(C(F)(F)F)ccc2CN(c2ccc(C(C)C)cc2F)S(C)(=O)=O)C1. The highest BCUT2D eigenvalue weighted by atomic mass is 32.2. The number of pyridine rings is 1. The fourth-order valence-electron chi connectivity index (χ4n) is 4.60. The molecule has 0 aliphatic heterocycles. The number of nitrogens with zero attached hydrogens (tertiary/aromatic N) is 2. The first-order chi connectivity index (χ1) is 16.1. The monoisotopic (exact) mass is 516 g/mol. The largest absolute Gasteiger partial charge is 0.474 e. The Hall–Kier alpha value is -2.36. The lowest BCUT2D eigenvalue weighted by Gasteiger charge is -2.32. The zero-order chi connectivity index (χ0) is 26.1. The first-order valence-electron chi connectivity index (χ1n) is 11.7. The third kappa shape index (κ3) is 6.86. The minimum absolute atomic E-state index is 0.0321. The molecule has 5 nitrogen and oxygen atoms in total. The van der Waals surface area contributed by atoms with Crippen molar-refractivity contribution in [2.45, 2.75) is 71.7 Å². The van der Waals surface area contributed by atoms with E-state index in [-0.39, 0.29) is 29.2 Å². The highest BCUT2D eigenvalue weighted by molar-refractivity contribution is 7.92. The smallest absolute Gasteiger partial charge is 0.433 e. The summed E-state index contributed by atoms with van der Waals surface area (Å²) in [5.41, 5.74) is -0.503. The quantitative estimate of drug-likeness (QED) is 0.393. The number of alkyl halides is 3. The predicted molar refractivity (Wildman–Crippen MR) is 127 cm³/mol. The third-order valence-electron chi connectivity index (χ3n) is 6.26. The predicted octanol–water partition coefficient (Wildman–Crippen LogP) is 6.53. The van der Waals surface area contributed by atoms with E-state index in [9.17, 15) is 26.0 Å².